The molecule has 0 aromatic carbocycles. The molecule has 0 nitrogen and oxygen atoms in total. The fourth-order valence-corrected chi connectivity index (χ4v) is 4.34. The minimum atomic E-state index is 0.526. The van der Waals surface area contributed by atoms with Crippen molar-refractivity contribution in [3.8, 4) is 0 Å². The number of hydrogen-bond donors (Lipinski definition) is 0. The maximum atomic E-state index is 2.49. The first-order valence-corrected chi connectivity index (χ1v) is 7.35. The van der Waals surface area contributed by atoms with Crippen molar-refractivity contribution in [2.24, 2.45) is 35.0 Å². The van der Waals surface area contributed by atoms with E-state index in [-0.39, 0.29) is 0 Å². The molecule has 1 rings (SSSR count). The molecular weight excluding hydrogens is 192 g/mol. The van der Waals surface area contributed by atoms with Gasteiger partial charge in [-0.15, -0.1) is 0 Å². The lowest BCUT2D eigenvalue weighted by Gasteiger charge is -2.41. The Labute approximate surface area is 103 Å². The first-order chi connectivity index (χ1) is 7.35. The van der Waals surface area contributed by atoms with Gasteiger partial charge in [-0.25, -0.2) is 0 Å². The molecule has 0 aliphatic heterocycles. The smallest absolute Gasteiger partial charge is 0.0303 e. The van der Waals surface area contributed by atoms with E-state index in [0.717, 1.165) is 29.6 Å². The van der Waals surface area contributed by atoms with Gasteiger partial charge < -0.3 is 0 Å². The fraction of sp³-hybridized carbons (Fsp3) is 1.00. The highest BCUT2D eigenvalue weighted by Crippen LogP contribution is 2.54. The van der Waals surface area contributed by atoms with E-state index >= 15 is 0 Å². The van der Waals surface area contributed by atoms with Gasteiger partial charge in [0, 0.05) is 0 Å². The summed E-state index contributed by atoms with van der Waals surface area (Å²) in [6, 6.07) is 0. The van der Waals surface area contributed by atoms with Gasteiger partial charge in [-0.3, -0.25) is 0 Å². The van der Waals surface area contributed by atoms with Crippen molar-refractivity contribution in [1.29, 1.82) is 0 Å². The van der Waals surface area contributed by atoms with Gasteiger partial charge in [0.1, 0.15) is 0 Å². The van der Waals surface area contributed by atoms with E-state index in [1.54, 1.807) is 0 Å². The zero-order chi connectivity index (χ0) is 12.5. The van der Waals surface area contributed by atoms with Crippen LogP contribution in [-0.2, 0) is 0 Å². The summed E-state index contributed by atoms with van der Waals surface area (Å²) in [4.78, 5) is 0. The highest BCUT2D eigenvalue weighted by molar-refractivity contribution is 4.95. The molecule has 1 fully saturated rings. The van der Waals surface area contributed by atoms with E-state index in [4.69, 9.17) is 0 Å². The van der Waals surface area contributed by atoms with Crippen LogP contribution in [0.4, 0.5) is 0 Å². The molecule has 5 atom stereocenters. The van der Waals surface area contributed by atoms with Crippen molar-refractivity contribution >= 4 is 0 Å². The predicted octanol–water partition coefficient (Wildman–Crippen LogP) is 5.38. The average Bonchev–Trinajstić information content (AvgIpc) is 2.53. The molecule has 0 spiro atoms. The van der Waals surface area contributed by atoms with Crippen LogP contribution in [0.2, 0.25) is 0 Å². The van der Waals surface area contributed by atoms with E-state index < -0.39 is 0 Å². The Morgan fingerprint density at radius 1 is 1.12 bits per heavy atom. The van der Waals surface area contributed by atoms with E-state index in [9.17, 15) is 0 Å². The topological polar surface area (TPSA) is 0 Å². The Morgan fingerprint density at radius 2 is 1.69 bits per heavy atom. The van der Waals surface area contributed by atoms with Crippen molar-refractivity contribution in [3.63, 3.8) is 0 Å². The molecule has 1 saturated carbocycles. The monoisotopic (exact) mass is 224 g/mol. The molecule has 0 aromatic heterocycles. The summed E-state index contributed by atoms with van der Waals surface area (Å²) in [6.07, 6.45) is 4.11. The van der Waals surface area contributed by atoms with Crippen LogP contribution in [0.1, 0.15) is 67.7 Å². The lowest BCUT2D eigenvalue weighted by molar-refractivity contribution is 0.0790. The SMILES string of the molecule is CCC(C)C1C(C)CC(C)C1C(C)(C)CC. The molecule has 0 amide bonds. The second-order valence-corrected chi connectivity index (χ2v) is 7.02. The van der Waals surface area contributed by atoms with Gasteiger partial charge in [0.25, 0.3) is 0 Å². The third-order valence-corrected chi connectivity index (χ3v) is 5.54. The zero-order valence-electron chi connectivity index (χ0n) is 12.5. The minimum absolute atomic E-state index is 0.526. The molecule has 1 aliphatic carbocycles. The predicted molar refractivity (Wildman–Crippen MR) is 73.5 cm³/mol. The van der Waals surface area contributed by atoms with Crippen molar-refractivity contribution in [3.05, 3.63) is 0 Å². The average molecular weight is 224 g/mol. The van der Waals surface area contributed by atoms with E-state index in [1.165, 1.54) is 19.3 Å². The molecule has 0 heteroatoms. The van der Waals surface area contributed by atoms with Crippen LogP contribution in [-0.4, -0.2) is 0 Å². The standard InChI is InChI=1S/C16H32/c1-8-11(3)14-12(4)10-13(5)15(14)16(6,7)9-2/h11-15H,8-10H2,1-7H3. The third kappa shape index (κ3) is 2.46. The highest BCUT2D eigenvalue weighted by atomic mass is 14.5. The molecule has 1 aliphatic rings. The summed E-state index contributed by atoms with van der Waals surface area (Å²) in [5.74, 6) is 4.64. The molecule has 0 N–H and O–H groups in total. The van der Waals surface area contributed by atoms with Crippen LogP contribution in [0, 0.1) is 35.0 Å². The summed E-state index contributed by atoms with van der Waals surface area (Å²) < 4.78 is 0. The Hall–Kier alpha value is 0. The van der Waals surface area contributed by atoms with Gasteiger partial charge in [0.2, 0.25) is 0 Å². The first kappa shape index (κ1) is 14.1. The van der Waals surface area contributed by atoms with Crippen LogP contribution >= 0.6 is 0 Å². The molecule has 0 heterocycles. The molecule has 0 aromatic rings. The molecule has 96 valence electrons. The van der Waals surface area contributed by atoms with Gasteiger partial charge in [-0.2, -0.15) is 0 Å². The summed E-state index contributed by atoms with van der Waals surface area (Å²) in [7, 11) is 0. The molecule has 0 radical (unpaired) electrons. The van der Waals surface area contributed by atoms with E-state index in [2.05, 4.69) is 48.5 Å². The molecule has 0 saturated heterocycles. The van der Waals surface area contributed by atoms with Gasteiger partial charge >= 0.3 is 0 Å². The largest absolute Gasteiger partial charge is 0.0651 e. The lowest BCUT2D eigenvalue weighted by atomic mass is 9.64. The molecule has 16 heavy (non-hydrogen) atoms. The quantitative estimate of drug-likeness (QED) is 0.601. The van der Waals surface area contributed by atoms with Crippen LogP contribution < -0.4 is 0 Å². The Morgan fingerprint density at radius 3 is 2.12 bits per heavy atom. The van der Waals surface area contributed by atoms with Gasteiger partial charge in [-0.1, -0.05) is 61.3 Å². The number of hydrogen-bond acceptors (Lipinski definition) is 0. The van der Waals surface area contributed by atoms with Crippen molar-refractivity contribution in [1.82, 2.24) is 0 Å². The normalized spacial score (nSPS) is 37.7. The first-order valence-electron chi connectivity index (χ1n) is 7.35. The van der Waals surface area contributed by atoms with E-state index in [0.29, 0.717) is 5.41 Å². The Bertz CT molecular complexity index is 212. The molecule has 0 bridgehead atoms. The summed E-state index contributed by atoms with van der Waals surface area (Å²) in [5.41, 5.74) is 0.526. The lowest BCUT2D eigenvalue weighted by Crippen LogP contribution is -2.34. The highest BCUT2D eigenvalue weighted by Gasteiger charge is 2.47. The van der Waals surface area contributed by atoms with E-state index in [1.807, 2.05) is 0 Å². The van der Waals surface area contributed by atoms with Crippen LogP contribution in [0.5, 0.6) is 0 Å². The Balaban J connectivity index is 2.94. The van der Waals surface area contributed by atoms with Crippen LogP contribution in [0.15, 0.2) is 0 Å². The molecule has 5 unspecified atom stereocenters. The van der Waals surface area contributed by atoms with Gasteiger partial charge in [0.15, 0.2) is 0 Å². The minimum Gasteiger partial charge on any atom is -0.0651 e. The van der Waals surface area contributed by atoms with Crippen molar-refractivity contribution < 1.29 is 0 Å². The summed E-state index contributed by atoms with van der Waals surface area (Å²) in [5, 5.41) is 0. The maximum absolute atomic E-state index is 2.49. The third-order valence-electron chi connectivity index (χ3n) is 5.54. The second-order valence-electron chi connectivity index (χ2n) is 7.02. The fourth-order valence-electron chi connectivity index (χ4n) is 4.34. The van der Waals surface area contributed by atoms with Crippen LogP contribution in [0.25, 0.3) is 0 Å². The van der Waals surface area contributed by atoms with Crippen LogP contribution in [0.3, 0.4) is 0 Å². The van der Waals surface area contributed by atoms with Gasteiger partial charge in [-0.05, 0) is 41.4 Å². The zero-order valence-corrected chi connectivity index (χ0v) is 12.5. The van der Waals surface area contributed by atoms with Gasteiger partial charge in [0.05, 0.1) is 0 Å². The second kappa shape index (κ2) is 5.10. The molecular formula is C16H32. The maximum Gasteiger partial charge on any atom is -0.0303 e. The summed E-state index contributed by atoms with van der Waals surface area (Å²) in [6.45, 7) is 17.1. The Kier molecular flexibility index (Phi) is 4.49. The number of rotatable bonds is 4. The van der Waals surface area contributed by atoms with Crippen molar-refractivity contribution in [2.75, 3.05) is 0 Å². The van der Waals surface area contributed by atoms with Crippen molar-refractivity contribution in [2.45, 2.75) is 67.7 Å². The summed E-state index contributed by atoms with van der Waals surface area (Å²) >= 11 is 0.